The number of aryl methyl sites for hydroxylation is 3. The number of amides is 1. The summed E-state index contributed by atoms with van der Waals surface area (Å²) in [5.41, 5.74) is 3.54. The fourth-order valence-corrected chi connectivity index (χ4v) is 2.01. The monoisotopic (exact) mass is 322 g/mol. The summed E-state index contributed by atoms with van der Waals surface area (Å²) in [6.07, 6.45) is 1.62. The first-order valence-electron chi connectivity index (χ1n) is 5.89. The maximum atomic E-state index is 11.9. The van der Waals surface area contributed by atoms with Crippen LogP contribution in [0.2, 0.25) is 0 Å². The molecule has 2 heterocycles. The molecule has 1 amide bonds. The summed E-state index contributed by atoms with van der Waals surface area (Å²) in [6, 6.07) is 3.81. The standard InChI is InChI=1S/C13H15BrN4O/c1-8-4-11(6-15-13(8)14)16-12(19)7-18-10(3)5-9(2)17-18/h4-6H,7H2,1-3H3,(H,16,19). The molecule has 2 aromatic heterocycles. The second kappa shape index (κ2) is 5.52. The number of carbonyl (C=O) groups is 1. The number of halogens is 1. The molecule has 0 aliphatic heterocycles. The van der Waals surface area contributed by atoms with Gasteiger partial charge in [0.15, 0.2) is 0 Å². The molecule has 0 saturated carbocycles. The van der Waals surface area contributed by atoms with E-state index in [2.05, 4.69) is 31.3 Å². The van der Waals surface area contributed by atoms with Crippen LogP contribution in [0.5, 0.6) is 0 Å². The topological polar surface area (TPSA) is 59.8 Å². The quantitative estimate of drug-likeness (QED) is 0.883. The lowest BCUT2D eigenvalue weighted by molar-refractivity contribution is -0.116. The number of anilines is 1. The van der Waals surface area contributed by atoms with E-state index in [4.69, 9.17) is 0 Å². The molecule has 0 aliphatic carbocycles. The fourth-order valence-electron chi connectivity index (χ4n) is 1.80. The molecule has 2 rings (SSSR count). The Kier molecular flexibility index (Phi) is 3.99. The first-order chi connectivity index (χ1) is 8.95. The predicted molar refractivity (Wildman–Crippen MR) is 77.0 cm³/mol. The zero-order valence-corrected chi connectivity index (χ0v) is 12.7. The summed E-state index contributed by atoms with van der Waals surface area (Å²) in [6.45, 7) is 5.96. The number of rotatable bonds is 3. The van der Waals surface area contributed by atoms with Crippen molar-refractivity contribution in [3.63, 3.8) is 0 Å². The number of nitrogens with one attached hydrogen (secondary N) is 1. The Labute approximate surface area is 120 Å². The summed E-state index contributed by atoms with van der Waals surface area (Å²) in [4.78, 5) is 16.1. The third kappa shape index (κ3) is 3.41. The molecule has 0 unspecified atom stereocenters. The van der Waals surface area contributed by atoms with Crippen molar-refractivity contribution in [3.05, 3.63) is 39.9 Å². The van der Waals surface area contributed by atoms with Crippen molar-refractivity contribution in [2.45, 2.75) is 27.3 Å². The van der Waals surface area contributed by atoms with Crippen molar-refractivity contribution in [1.29, 1.82) is 0 Å². The number of hydrogen-bond acceptors (Lipinski definition) is 3. The predicted octanol–water partition coefficient (Wildman–Crippen LogP) is 2.60. The zero-order valence-electron chi connectivity index (χ0n) is 11.1. The van der Waals surface area contributed by atoms with Crippen molar-refractivity contribution in [2.75, 3.05) is 5.32 Å². The summed E-state index contributed by atoms with van der Waals surface area (Å²) in [7, 11) is 0. The molecule has 0 saturated heterocycles. The Bertz CT molecular complexity index is 621. The highest BCUT2D eigenvalue weighted by atomic mass is 79.9. The average molecular weight is 323 g/mol. The van der Waals surface area contributed by atoms with E-state index in [0.717, 1.165) is 21.6 Å². The highest BCUT2D eigenvalue weighted by Crippen LogP contribution is 2.16. The van der Waals surface area contributed by atoms with E-state index in [0.29, 0.717) is 5.69 Å². The Morgan fingerprint density at radius 1 is 1.37 bits per heavy atom. The molecule has 6 heteroatoms. The van der Waals surface area contributed by atoms with Gasteiger partial charge >= 0.3 is 0 Å². The van der Waals surface area contributed by atoms with Crippen LogP contribution in [-0.4, -0.2) is 20.7 Å². The van der Waals surface area contributed by atoms with Crippen LogP contribution in [-0.2, 0) is 11.3 Å². The Morgan fingerprint density at radius 2 is 2.11 bits per heavy atom. The lowest BCUT2D eigenvalue weighted by atomic mass is 10.3. The van der Waals surface area contributed by atoms with Gasteiger partial charge in [-0.15, -0.1) is 0 Å². The Hall–Kier alpha value is -1.69. The lowest BCUT2D eigenvalue weighted by Gasteiger charge is -2.07. The molecular formula is C13H15BrN4O. The SMILES string of the molecule is Cc1cc(C)n(CC(=O)Nc2cnc(Br)c(C)c2)n1. The molecule has 1 N–H and O–H groups in total. The lowest BCUT2D eigenvalue weighted by Crippen LogP contribution is -2.20. The highest BCUT2D eigenvalue weighted by molar-refractivity contribution is 9.10. The highest BCUT2D eigenvalue weighted by Gasteiger charge is 2.08. The van der Waals surface area contributed by atoms with Crippen LogP contribution in [0.1, 0.15) is 17.0 Å². The van der Waals surface area contributed by atoms with E-state index in [9.17, 15) is 4.79 Å². The van der Waals surface area contributed by atoms with Crippen LogP contribution in [0.3, 0.4) is 0 Å². The molecule has 2 aromatic rings. The largest absolute Gasteiger partial charge is 0.323 e. The number of aromatic nitrogens is 3. The van der Waals surface area contributed by atoms with Gasteiger partial charge in [0.1, 0.15) is 11.1 Å². The third-order valence-electron chi connectivity index (χ3n) is 2.69. The van der Waals surface area contributed by atoms with Gasteiger partial charge in [-0.1, -0.05) is 0 Å². The average Bonchev–Trinajstić information content (AvgIpc) is 2.62. The van der Waals surface area contributed by atoms with E-state index in [-0.39, 0.29) is 12.5 Å². The summed E-state index contributed by atoms with van der Waals surface area (Å²) in [5.74, 6) is -0.116. The smallest absolute Gasteiger partial charge is 0.246 e. The van der Waals surface area contributed by atoms with Crippen LogP contribution in [0.25, 0.3) is 0 Å². The number of pyridine rings is 1. The molecule has 19 heavy (non-hydrogen) atoms. The minimum Gasteiger partial charge on any atom is -0.323 e. The van der Waals surface area contributed by atoms with Crippen molar-refractivity contribution in [2.24, 2.45) is 0 Å². The van der Waals surface area contributed by atoms with Crippen LogP contribution >= 0.6 is 15.9 Å². The molecule has 100 valence electrons. The van der Waals surface area contributed by atoms with Crippen molar-refractivity contribution in [3.8, 4) is 0 Å². The molecule has 5 nitrogen and oxygen atoms in total. The number of carbonyl (C=O) groups excluding carboxylic acids is 1. The maximum absolute atomic E-state index is 11.9. The van der Waals surface area contributed by atoms with Crippen LogP contribution < -0.4 is 5.32 Å². The first-order valence-corrected chi connectivity index (χ1v) is 6.68. The third-order valence-corrected chi connectivity index (χ3v) is 3.53. The van der Waals surface area contributed by atoms with Crippen molar-refractivity contribution in [1.82, 2.24) is 14.8 Å². The summed E-state index contributed by atoms with van der Waals surface area (Å²) in [5, 5.41) is 7.07. The summed E-state index contributed by atoms with van der Waals surface area (Å²) >= 11 is 3.32. The molecule has 0 radical (unpaired) electrons. The molecular weight excluding hydrogens is 308 g/mol. The van der Waals surface area contributed by atoms with Gasteiger partial charge in [0.25, 0.3) is 0 Å². The Balaban J connectivity index is 2.05. The van der Waals surface area contributed by atoms with Gasteiger partial charge in [0.2, 0.25) is 5.91 Å². The number of nitrogens with zero attached hydrogens (tertiary/aromatic N) is 3. The van der Waals surface area contributed by atoms with E-state index in [1.165, 1.54) is 0 Å². The van der Waals surface area contributed by atoms with E-state index in [1.54, 1.807) is 10.9 Å². The van der Waals surface area contributed by atoms with Gasteiger partial charge in [-0.25, -0.2) is 4.98 Å². The molecule has 0 spiro atoms. The van der Waals surface area contributed by atoms with E-state index >= 15 is 0 Å². The first kappa shape index (κ1) is 13.7. The van der Waals surface area contributed by atoms with Gasteiger partial charge in [-0.3, -0.25) is 9.48 Å². The maximum Gasteiger partial charge on any atom is 0.246 e. The minimum atomic E-state index is -0.116. The van der Waals surface area contributed by atoms with Crippen molar-refractivity contribution < 1.29 is 4.79 Å². The van der Waals surface area contributed by atoms with Gasteiger partial charge in [0.05, 0.1) is 17.6 Å². The van der Waals surface area contributed by atoms with E-state index < -0.39 is 0 Å². The minimum absolute atomic E-state index is 0.116. The Morgan fingerprint density at radius 3 is 2.68 bits per heavy atom. The van der Waals surface area contributed by atoms with Crippen molar-refractivity contribution >= 4 is 27.5 Å². The second-order valence-corrected chi connectivity index (χ2v) is 5.22. The molecule has 0 atom stereocenters. The van der Waals surface area contributed by atoms with Gasteiger partial charge < -0.3 is 5.32 Å². The molecule has 0 bridgehead atoms. The number of hydrogen-bond donors (Lipinski definition) is 1. The molecule has 0 fully saturated rings. The van der Waals surface area contributed by atoms with Crippen LogP contribution in [0.4, 0.5) is 5.69 Å². The fraction of sp³-hybridized carbons (Fsp3) is 0.308. The van der Waals surface area contributed by atoms with Crippen LogP contribution in [0, 0.1) is 20.8 Å². The second-order valence-electron chi connectivity index (χ2n) is 4.46. The van der Waals surface area contributed by atoms with Crippen LogP contribution in [0.15, 0.2) is 22.9 Å². The normalized spacial score (nSPS) is 10.5. The van der Waals surface area contributed by atoms with E-state index in [1.807, 2.05) is 32.9 Å². The van der Waals surface area contributed by atoms with Gasteiger partial charge in [-0.05, 0) is 54.4 Å². The van der Waals surface area contributed by atoms with Gasteiger partial charge in [0, 0.05) is 5.69 Å². The van der Waals surface area contributed by atoms with Gasteiger partial charge in [-0.2, -0.15) is 5.10 Å². The summed E-state index contributed by atoms with van der Waals surface area (Å²) < 4.78 is 2.47. The molecule has 0 aromatic carbocycles. The molecule has 0 aliphatic rings. The zero-order chi connectivity index (χ0) is 14.0.